The number of benzene rings is 2. The molecule has 31 heavy (non-hydrogen) atoms. The zero-order chi connectivity index (χ0) is 22.6. The number of piperazine rings is 1. The van der Waals surface area contributed by atoms with Gasteiger partial charge in [-0.1, -0.05) is 18.2 Å². The molecule has 1 fully saturated rings. The van der Waals surface area contributed by atoms with Gasteiger partial charge in [-0.25, -0.2) is 12.8 Å². The van der Waals surface area contributed by atoms with E-state index in [2.05, 4.69) is 5.32 Å². The minimum absolute atomic E-state index is 0.0902. The van der Waals surface area contributed by atoms with Crippen LogP contribution in [0.1, 0.15) is 23.6 Å². The van der Waals surface area contributed by atoms with E-state index in [9.17, 15) is 17.6 Å². The number of carbonyl (C=O) groups is 1. The fourth-order valence-corrected chi connectivity index (χ4v) is 5.16. The summed E-state index contributed by atoms with van der Waals surface area (Å²) in [5.41, 5.74) is 2.97. The van der Waals surface area contributed by atoms with Gasteiger partial charge in [-0.3, -0.25) is 9.69 Å². The molecule has 1 unspecified atom stereocenters. The molecule has 8 heteroatoms. The first-order valence-corrected chi connectivity index (χ1v) is 12.0. The number of hydrogen-bond acceptors (Lipinski definition) is 4. The normalized spacial score (nSPS) is 16.8. The van der Waals surface area contributed by atoms with E-state index in [4.69, 9.17) is 0 Å². The summed E-state index contributed by atoms with van der Waals surface area (Å²) in [7, 11) is -3.54. The van der Waals surface area contributed by atoms with E-state index in [0.717, 1.165) is 16.7 Å². The van der Waals surface area contributed by atoms with Crippen LogP contribution in [-0.2, 0) is 21.2 Å². The Hall–Kier alpha value is -2.29. The van der Waals surface area contributed by atoms with Crippen LogP contribution >= 0.6 is 0 Å². The average Bonchev–Trinajstić information content (AvgIpc) is 2.76. The van der Waals surface area contributed by atoms with Crippen molar-refractivity contribution in [3.8, 4) is 0 Å². The van der Waals surface area contributed by atoms with Gasteiger partial charge < -0.3 is 5.32 Å². The van der Waals surface area contributed by atoms with Crippen molar-refractivity contribution in [2.24, 2.45) is 0 Å². The molecule has 1 amide bonds. The van der Waals surface area contributed by atoms with Crippen LogP contribution in [0, 0.1) is 19.7 Å². The van der Waals surface area contributed by atoms with Crippen molar-refractivity contribution in [2.75, 3.05) is 32.7 Å². The van der Waals surface area contributed by atoms with Crippen molar-refractivity contribution in [2.45, 2.75) is 38.1 Å². The molecule has 6 nitrogen and oxygen atoms in total. The van der Waals surface area contributed by atoms with Crippen molar-refractivity contribution < 1.29 is 17.6 Å². The summed E-state index contributed by atoms with van der Waals surface area (Å²) in [5, 5.41) is 2.92. The molecule has 1 heterocycles. The first-order valence-electron chi connectivity index (χ1n) is 10.5. The fourth-order valence-electron chi connectivity index (χ4n) is 3.65. The molecule has 2 aromatic carbocycles. The third kappa shape index (κ3) is 5.70. The second kappa shape index (κ2) is 9.89. The lowest BCUT2D eigenvalue weighted by atomic mass is 10.1. The average molecular weight is 448 g/mol. The van der Waals surface area contributed by atoms with Crippen molar-refractivity contribution in [3.05, 3.63) is 65.0 Å². The topological polar surface area (TPSA) is 69.7 Å². The van der Waals surface area contributed by atoms with Crippen molar-refractivity contribution in [1.82, 2.24) is 14.5 Å². The largest absolute Gasteiger partial charge is 0.354 e. The van der Waals surface area contributed by atoms with E-state index < -0.39 is 10.0 Å². The highest BCUT2D eigenvalue weighted by Crippen LogP contribution is 2.21. The molecule has 1 N–H and O–H groups in total. The Morgan fingerprint density at radius 2 is 1.68 bits per heavy atom. The standard InChI is InChI=1S/C23H30FN3O3S/c1-17-4-9-22(16-18(17)2)31(29,30)27-14-12-26(13-15-27)19(3)23(28)25-11-10-20-5-7-21(24)8-6-20/h4-9,16,19H,10-15H2,1-3H3,(H,25,28). The molecule has 0 spiro atoms. The third-order valence-corrected chi connectivity index (χ3v) is 7.84. The van der Waals surface area contributed by atoms with Gasteiger partial charge in [-0.15, -0.1) is 0 Å². The molecule has 1 aliphatic heterocycles. The van der Waals surface area contributed by atoms with E-state index >= 15 is 0 Å². The molecule has 168 valence electrons. The molecule has 1 saturated heterocycles. The maximum absolute atomic E-state index is 13.0. The minimum atomic E-state index is -3.54. The summed E-state index contributed by atoms with van der Waals surface area (Å²) >= 11 is 0. The van der Waals surface area contributed by atoms with Crippen LogP contribution < -0.4 is 5.32 Å². The Bertz CT molecular complexity index is 1020. The highest BCUT2D eigenvalue weighted by Gasteiger charge is 2.31. The van der Waals surface area contributed by atoms with Gasteiger partial charge in [-0.2, -0.15) is 4.31 Å². The highest BCUT2D eigenvalue weighted by atomic mass is 32.2. The van der Waals surface area contributed by atoms with Gasteiger partial charge in [-0.05, 0) is 68.1 Å². The number of carbonyl (C=O) groups excluding carboxylic acids is 1. The number of amides is 1. The predicted molar refractivity (Wildman–Crippen MR) is 119 cm³/mol. The number of nitrogens with zero attached hydrogens (tertiary/aromatic N) is 2. The molecule has 0 aromatic heterocycles. The molecule has 0 aliphatic carbocycles. The molecule has 3 rings (SSSR count). The molecular formula is C23H30FN3O3S. The molecule has 0 bridgehead atoms. The maximum Gasteiger partial charge on any atom is 0.243 e. The zero-order valence-corrected chi connectivity index (χ0v) is 19.1. The third-order valence-electron chi connectivity index (χ3n) is 5.94. The maximum atomic E-state index is 13.0. The number of aryl methyl sites for hydroxylation is 2. The Labute approximate surface area is 184 Å². The molecule has 0 saturated carbocycles. The van der Waals surface area contributed by atoms with E-state index in [-0.39, 0.29) is 17.8 Å². The quantitative estimate of drug-likeness (QED) is 0.708. The van der Waals surface area contributed by atoms with E-state index in [1.165, 1.54) is 16.4 Å². The van der Waals surface area contributed by atoms with Crippen LogP contribution in [0.2, 0.25) is 0 Å². The van der Waals surface area contributed by atoms with Gasteiger partial charge in [0.2, 0.25) is 15.9 Å². The Morgan fingerprint density at radius 1 is 1.03 bits per heavy atom. The lowest BCUT2D eigenvalue weighted by molar-refractivity contribution is -0.126. The van der Waals surface area contributed by atoms with E-state index in [1.807, 2.05) is 31.7 Å². The van der Waals surface area contributed by atoms with Crippen LogP contribution in [-0.4, -0.2) is 62.3 Å². The number of rotatable bonds is 7. The summed E-state index contributed by atoms with van der Waals surface area (Å²) in [6, 6.07) is 11.1. The van der Waals surface area contributed by atoms with Gasteiger partial charge in [0.05, 0.1) is 10.9 Å². The lowest BCUT2D eigenvalue weighted by Crippen LogP contribution is -2.55. The second-order valence-corrected chi connectivity index (χ2v) is 9.97. The highest BCUT2D eigenvalue weighted by molar-refractivity contribution is 7.89. The van der Waals surface area contributed by atoms with Crippen LogP contribution in [0.15, 0.2) is 47.4 Å². The minimum Gasteiger partial charge on any atom is -0.354 e. The van der Waals surface area contributed by atoms with Crippen LogP contribution in [0.5, 0.6) is 0 Å². The van der Waals surface area contributed by atoms with Gasteiger partial charge in [0.15, 0.2) is 0 Å². The van der Waals surface area contributed by atoms with Crippen LogP contribution in [0.4, 0.5) is 4.39 Å². The summed E-state index contributed by atoms with van der Waals surface area (Å²) in [4.78, 5) is 14.8. The van der Waals surface area contributed by atoms with E-state index in [0.29, 0.717) is 44.0 Å². The Balaban J connectivity index is 1.50. The van der Waals surface area contributed by atoms with Crippen molar-refractivity contribution in [1.29, 1.82) is 0 Å². The second-order valence-electron chi connectivity index (χ2n) is 8.03. The van der Waals surface area contributed by atoms with Crippen molar-refractivity contribution >= 4 is 15.9 Å². The number of hydrogen-bond donors (Lipinski definition) is 1. The SMILES string of the molecule is Cc1ccc(S(=O)(=O)N2CCN(C(C)C(=O)NCCc3ccc(F)cc3)CC2)cc1C. The van der Waals surface area contributed by atoms with Gasteiger partial charge in [0.25, 0.3) is 0 Å². The Morgan fingerprint density at radius 3 is 2.29 bits per heavy atom. The summed E-state index contributed by atoms with van der Waals surface area (Å²) in [6.07, 6.45) is 0.626. The number of sulfonamides is 1. The molecule has 1 aliphatic rings. The molecular weight excluding hydrogens is 417 g/mol. The van der Waals surface area contributed by atoms with Crippen molar-refractivity contribution in [3.63, 3.8) is 0 Å². The molecule has 1 atom stereocenters. The lowest BCUT2D eigenvalue weighted by Gasteiger charge is -2.36. The first-order chi connectivity index (χ1) is 14.7. The number of halogens is 1. The predicted octanol–water partition coefficient (Wildman–Crippen LogP) is 2.50. The fraction of sp³-hybridized carbons (Fsp3) is 0.435. The smallest absolute Gasteiger partial charge is 0.243 e. The molecule has 2 aromatic rings. The van der Waals surface area contributed by atoms with Gasteiger partial charge >= 0.3 is 0 Å². The van der Waals surface area contributed by atoms with Gasteiger partial charge in [0.1, 0.15) is 5.82 Å². The number of nitrogens with one attached hydrogen (secondary N) is 1. The summed E-state index contributed by atoms with van der Waals surface area (Å²) in [6.45, 7) is 7.86. The first kappa shape index (κ1) is 23.4. The zero-order valence-electron chi connectivity index (χ0n) is 18.3. The summed E-state index contributed by atoms with van der Waals surface area (Å²) in [5.74, 6) is -0.368. The summed E-state index contributed by atoms with van der Waals surface area (Å²) < 4.78 is 40.4. The van der Waals surface area contributed by atoms with Gasteiger partial charge in [0, 0.05) is 32.7 Å². The van der Waals surface area contributed by atoms with Crippen LogP contribution in [0.3, 0.4) is 0 Å². The van der Waals surface area contributed by atoms with Crippen LogP contribution in [0.25, 0.3) is 0 Å². The monoisotopic (exact) mass is 447 g/mol. The Kier molecular flexibility index (Phi) is 7.46. The van der Waals surface area contributed by atoms with E-state index in [1.54, 1.807) is 24.3 Å². The molecule has 0 radical (unpaired) electrons.